The van der Waals surface area contributed by atoms with E-state index in [4.69, 9.17) is 0 Å². The molecule has 0 aromatic heterocycles. The number of carbonyl (C=O) groups is 1. The first kappa shape index (κ1) is 12.2. The molecule has 0 saturated heterocycles. The van der Waals surface area contributed by atoms with Gasteiger partial charge < -0.3 is 9.89 Å². The van der Waals surface area contributed by atoms with Crippen LogP contribution in [0.3, 0.4) is 0 Å². The van der Waals surface area contributed by atoms with Crippen LogP contribution in [-0.2, 0) is 4.79 Å². The summed E-state index contributed by atoms with van der Waals surface area (Å²) in [6.07, 6.45) is 5.57. The van der Waals surface area contributed by atoms with Crippen LogP contribution in [0, 0.1) is 6.04 Å². The zero-order chi connectivity index (χ0) is 9.42. The Morgan fingerprint density at radius 1 is 1.57 bits per heavy atom. The van der Waals surface area contributed by atoms with Crippen molar-refractivity contribution in [2.24, 2.45) is 4.99 Å². The van der Waals surface area contributed by atoms with Crippen LogP contribution in [-0.4, -0.2) is 30.6 Å². The van der Waals surface area contributed by atoms with Crippen molar-refractivity contribution in [2.75, 3.05) is 13.6 Å². The van der Waals surface area contributed by atoms with Gasteiger partial charge in [0.2, 0.25) is 5.91 Å². The van der Waals surface area contributed by atoms with Gasteiger partial charge in [0.05, 0.1) is 0 Å². The van der Waals surface area contributed by atoms with E-state index in [2.05, 4.69) is 4.99 Å². The molecule has 2 aliphatic heterocycles. The van der Waals surface area contributed by atoms with E-state index >= 15 is 0 Å². The maximum Gasteiger partial charge on any atom is 1.00 e. The van der Waals surface area contributed by atoms with Crippen molar-refractivity contribution in [1.82, 2.24) is 4.90 Å². The minimum absolute atomic E-state index is 0. The molecule has 14 heavy (non-hydrogen) atoms. The Morgan fingerprint density at radius 3 is 3.00 bits per heavy atom. The third-order valence-corrected chi connectivity index (χ3v) is 2.25. The minimum atomic E-state index is 0. The van der Waals surface area contributed by atoms with Gasteiger partial charge >= 0.3 is 51.4 Å². The zero-order valence-corrected chi connectivity index (χ0v) is 11.9. The average Bonchev–Trinajstić information content (AvgIpc) is 2.28. The van der Waals surface area contributed by atoms with E-state index in [1.807, 2.05) is 19.1 Å². The van der Waals surface area contributed by atoms with E-state index in [1.165, 1.54) is 0 Å². The van der Waals surface area contributed by atoms with Crippen LogP contribution in [0.15, 0.2) is 28.3 Å². The monoisotopic (exact) mass is 214 g/mol. The van der Waals surface area contributed by atoms with Crippen LogP contribution in [0.25, 0.3) is 0 Å². The van der Waals surface area contributed by atoms with Crippen LogP contribution >= 0.6 is 0 Å². The topological polar surface area (TPSA) is 32.7 Å². The second-order valence-electron chi connectivity index (χ2n) is 3.33. The molecule has 3 nitrogen and oxygen atoms in total. The summed E-state index contributed by atoms with van der Waals surface area (Å²) in [5.74, 6) is 0.0677. The molecule has 0 aliphatic carbocycles. The van der Waals surface area contributed by atoms with Gasteiger partial charge in [-0.05, 0) is 5.57 Å². The molecule has 2 aliphatic rings. The van der Waals surface area contributed by atoms with Gasteiger partial charge in [-0.2, -0.15) is 12.2 Å². The number of hydrogen-bond donors (Lipinski definition) is 0. The minimum Gasteiger partial charge on any atom is -0.386 e. The van der Waals surface area contributed by atoms with Gasteiger partial charge in [0.25, 0.3) is 0 Å². The summed E-state index contributed by atoms with van der Waals surface area (Å²) < 4.78 is 0. The maximum absolute atomic E-state index is 11.5. The molecule has 0 saturated carbocycles. The second kappa shape index (κ2) is 4.77. The summed E-state index contributed by atoms with van der Waals surface area (Å²) in [6.45, 7) is 2.62. The molecule has 0 N–H and O–H groups in total. The fraction of sp³-hybridized carbons (Fsp3) is 0.300. The third-order valence-electron chi connectivity index (χ3n) is 2.25. The molecule has 0 aromatic rings. The molecule has 0 bridgehead atoms. The van der Waals surface area contributed by atoms with Crippen molar-refractivity contribution in [3.8, 4) is 0 Å². The molecule has 2 rings (SSSR count). The SMILES string of the molecule is C[C-]1C=CC2=C(C=N1)C(=O)N(C)C2.[K+]. The van der Waals surface area contributed by atoms with E-state index in [9.17, 15) is 4.79 Å². The number of carbonyl (C=O) groups excluding carboxylic acids is 1. The predicted octanol–water partition coefficient (Wildman–Crippen LogP) is -2.05. The smallest absolute Gasteiger partial charge is 0.386 e. The van der Waals surface area contributed by atoms with E-state index in [-0.39, 0.29) is 57.3 Å². The van der Waals surface area contributed by atoms with Gasteiger partial charge in [-0.1, -0.05) is 24.8 Å². The Kier molecular flexibility index (Phi) is 4.15. The van der Waals surface area contributed by atoms with Crippen molar-refractivity contribution in [3.05, 3.63) is 29.3 Å². The normalized spacial score (nSPS) is 19.7. The van der Waals surface area contributed by atoms with Gasteiger partial charge in [0.15, 0.2) is 0 Å². The molecule has 0 unspecified atom stereocenters. The summed E-state index contributed by atoms with van der Waals surface area (Å²) in [5, 5.41) is 0. The standard InChI is InChI=1S/C10H11N2O.K/c1-7-3-4-8-6-12(2)10(13)9(8)5-11-7;/h3-5H,6H2,1-2H3;/q-1;+1. The molecule has 4 heteroatoms. The van der Waals surface area contributed by atoms with Crippen molar-refractivity contribution in [3.63, 3.8) is 0 Å². The molecular weight excluding hydrogens is 203 g/mol. The molecule has 1 amide bonds. The summed E-state index contributed by atoms with van der Waals surface area (Å²) in [7, 11) is 1.80. The quantitative estimate of drug-likeness (QED) is 0.337. The van der Waals surface area contributed by atoms with Gasteiger partial charge in [-0.15, -0.1) is 0 Å². The number of amides is 1. The van der Waals surface area contributed by atoms with E-state index in [0.717, 1.165) is 17.2 Å². The molecule has 2 heterocycles. The van der Waals surface area contributed by atoms with Gasteiger partial charge in [0, 0.05) is 13.6 Å². The maximum atomic E-state index is 11.5. The van der Waals surface area contributed by atoms with Crippen LogP contribution in [0.5, 0.6) is 0 Å². The number of rotatable bonds is 0. The molecule has 0 spiro atoms. The van der Waals surface area contributed by atoms with Gasteiger partial charge in [0.1, 0.15) is 0 Å². The van der Waals surface area contributed by atoms with E-state index < -0.39 is 0 Å². The first-order valence-electron chi connectivity index (χ1n) is 4.23. The Bertz CT molecular complexity index is 344. The van der Waals surface area contributed by atoms with Gasteiger partial charge in [-0.25, -0.2) is 0 Å². The number of hydrogen-bond acceptors (Lipinski definition) is 2. The van der Waals surface area contributed by atoms with Gasteiger partial charge in [-0.3, -0.25) is 4.79 Å². The Labute approximate surface area is 126 Å². The summed E-state index contributed by atoms with van der Waals surface area (Å²) in [6, 6.07) is 0.935. The molecular formula is C10H11KN2O. The summed E-state index contributed by atoms with van der Waals surface area (Å²) in [4.78, 5) is 17.4. The molecule has 0 fully saturated rings. The first-order valence-corrected chi connectivity index (χ1v) is 4.23. The Hall–Kier alpha value is 0.126. The Balaban J connectivity index is 0.000000980. The van der Waals surface area contributed by atoms with E-state index in [1.54, 1.807) is 18.2 Å². The molecule has 0 radical (unpaired) electrons. The number of aliphatic imine (C=N–C) groups is 1. The van der Waals surface area contributed by atoms with E-state index in [0.29, 0.717) is 6.54 Å². The largest absolute Gasteiger partial charge is 1.00 e. The van der Waals surface area contributed by atoms with Crippen LogP contribution in [0.1, 0.15) is 6.92 Å². The summed E-state index contributed by atoms with van der Waals surface area (Å²) in [5.41, 5.74) is 1.80. The fourth-order valence-electron chi connectivity index (χ4n) is 1.47. The van der Waals surface area contributed by atoms with Crippen LogP contribution in [0.2, 0.25) is 0 Å². The third kappa shape index (κ3) is 2.20. The number of nitrogens with zero attached hydrogens (tertiary/aromatic N) is 2. The predicted molar refractivity (Wildman–Crippen MR) is 51.2 cm³/mol. The molecule has 0 atom stereocenters. The first-order chi connectivity index (χ1) is 6.18. The van der Waals surface area contributed by atoms with Crippen molar-refractivity contribution in [2.45, 2.75) is 6.92 Å². The van der Waals surface area contributed by atoms with Crippen molar-refractivity contribution >= 4 is 12.1 Å². The van der Waals surface area contributed by atoms with Crippen molar-refractivity contribution in [1.29, 1.82) is 0 Å². The zero-order valence-electron chi connectivity index (χ0n) is 8.74. The summed E-state index contributed by atoms with van der Waals surface area (Å²) >= 11 is 0. The molecule has 68 valence electrons. The second-order valence-corrected chi connectivity index (χ2v) is 3.33. The number of likely N-dealkylation sites (N-methyl/N-ethyl adjacent to an activating group) is 1. The van der Waals surface area contributed by atoms with Crippen LogP contribution < -0.4 is 51.4 Å². The molecule has 0 aromatic carbocycles. The van der Waals surface area contributed by atoms with Crippen molar-refractivity contribution < 1.29 is 56.2 Å². The Morgan fingerprint density at radius 2 is 2.29 bits per heavy atom. The van der Waals surface area contributed by atoms with Crippen LogP contribution in [0.4, 0.5) is 0 Å². The fourth-order valence-corrected chi connectivity index (χ4v) is 1.47. The average molecular weight is 214 g/mol.